The molecule has 6 aromatic rings. The topological polar surface area (TPSA) is 717 Å². The van der Waals surface area contributed by atoms with Crippen LogP contribution in [0.1, 0.15) is 187 Å². The van der Waals surface area contributed by atoms with Gasteiger partial charge in [-0.25, -0.2) is 9.59 Å². The van der Waals surface area contributed by atoms with E-state index in [-0.39, 0.29) is 41.9 Å². The van der Waals surface area contributed by atoms with E-state index in [1.165, 1.54) is 50.6 Å². The average molecular weight is 2080 g/mol. The van der Waals surface area contributed by atoms with Crippen molar-refractivity contribution >= 4 is 104 Å². The Bertz CT molecular complexity index is 5720. The number of nitrogens with zero attached hydrogens (tertiary/aromatic N) is 1. The monoisotopic (exact) mass is 2080 g/mol. The molecule has 0 radical (unpaired) electrons. The van der Waals surface area contributed by atoms with Crippen LogP contribution in [-0.4, -0.2) is 265 Å². The molecule has 7 heterocycles. The van der Waals surface area contributed by atoms with Crippen molar-refractivity contribution in [2.75, 3.05) is 39.8 Å². The number of phenols is 3. The molecule has 0 saturated carbocycles. The van der Waals surface area contributed by atoms with Crippen molar-refractivity contribution in [1.82, 2.24) is 52.8 Å². The number of hydrogen-bond donors (Lipinski definition) is 24. The summed E-state index contributed by atoms with van der Waals surface area (Å²) in [5, 5.41) is 141. The Hall–Kier alpha value is -11.3. The number of carboxylic acid groups (broad SMARTS) is 1. The molecule has 14 unspecified atom stereocenters. The van der Waals surface area contributed by atoms with Crippen LogP contribution in [0.15, 0.2) is 97.1 Å². The molecule has 50 heteroatoms. The molecule has 143 heavy (non-hydrogen) atoms. The molecule has 0 aromatic heterocycles. The number of ether oxygens (including phenoxy) is 8. The Morgan fingerprint density at radius 1 is 0.699 bits per heavy atom. The van der Waals surface area contributed by atoms with Gasteiger partial charge in [-0.1, -0.05) is 125 Å². The lowest BCUT2D eigenvalue weighted by molar-refractivity contribution is -0.334. The molecular weight excluding hydrogens is 1960 g/mol. The Balaban J connectivity index is 1.06. The number of carbonyl (C=O) groups is 11. The van der Waals surface area contributed by atoms with Gasteiger partial charge in [0.2, 0.25) is 53.4 Å². The minimum absolute atomic E-state index is 0.123. The molecule has 13 rings (SSSR count). The molecule has 2 fully saturated rings. The number of phenolic OH excluding ortho intramolecular Hbond substituents is 3. The van der Waals surface area contributed by atoms with E-state index in [1.807, 2.05) is 0 Å². The van der Waals surface area contributed by atoms with Crippen LogP contribution in [0.25, 0.3) is 11.1 Å². The van der Waals surface area contributed by atoms with Crippen LogP contribution in [0.4, 0.5) is 4.79 Å². The van der Waals surface area contributed by atoms with Crippen LogP contribution in [-0.2, 0) is 89.2 Å². The summed E-state index contributed by atoms with van der Waals surface area (Å²) < 4.78 is 74.3. The molecule has 0 spiro atoms. The van der Waals surface area contributed by atoms with Crippen LogP contribution in [0.5, 0.6) is 51.7 Å². The number of carbonyl (C=O) groups excluding carboxylic acids is 10. The fraction of sp³-hybridized carbons (Fsp3) is 0.495. The van der Waals surface area contributed by atoms with E-state index < -0.39 is 330 Å². The average Bonchev–Trinajstić information content (AvgIpc) is 0.750. The lowest BCUT2D eigenvalue weighted by Gasteiger charge is -2.48. The van der Waals surface area contributed by atoms with Crippen molar-refractivity contribution in [2.24, 2.45) is 11.7 Å². The summed E-state index contributed by atoms with van der Waals surface area (Å²) in [5.74, 6) is -20.0. The highest BCUT2D eigenvalue weighted by molar-refractivity contribution is 7.70. The van der Waals surface area contributed by atoms with E-state index in [4.69, 9.17) is 66.8 Å². The molecule has 11 bridgehead atoms. The Labute approximate surface area is 829 Å². The summed E-state index contributed by atoms with van der Waals surface area (Å²) in [6.45, 7) is 6.61. The first-order valence-electron chi connectivity index (χ1n) is 46.1. The molecular formula is C93H119Cl2N11O35P2. The molecule has 7 aliphatic heterocycles. The normalized spacial score (nSPS) is 24.4. The first kappa shape index (κ1) is 112. The Kier molecular flexibility index (Phi) is 38.8. The summed E-state index contributed by atoms with van der Waals surface area (Å²) in [7, 11) is -9.53. The van der Waals surface area contributed by atoms with Gasteiger partial charge in [0.1, 0.15) is 108 Å². The van der Waals surface area contributed by atoms with Crippen molar-refractivity contribution in [2.45, 2.75) is 246 Å². The van der Waals surface area contributed by atoms with Gasteiger partial charge in [-0.2, -0.15) is 0 Å². The van der Waals surface area contributed by atoms with Gasteiger partial charge in [0.05, 0.1) is 60.0 Å². The number of aliphatic hydroxyl groups excluding tert-OH is 6. The predicted octanol–water partition coefficient (Wildman–Crippen LogP) is 4.17. The van der Waals surface area contributed by atoms with Gasteiger partial charge in [-0.05, 0) is 136 Å². The van der Waals surface area contributed by atoms with Crippen molar-refractivity contribution in [3.63, 3.8) is 0 Å². The van der Waals surface area contributed by atoms with Crippen molar-refractivity contribution in [3.05, 3.63) is 146 Å². The first-order chi connectivity index (χ1) is 67.7. The van der Waals surface area contributed by atoms with Gasteiger partial charge in [0, 0.05) is 53.7 Å². The third-order valence-electron chi connectivity index (χ3n) is 24.9. The largest absolute Gasteiger partial charge is 0.507 e. The molecule has 2 saturated heterocycles. The van der Waals surface area contributed by atoms with Crippen LogP contribution < -0.4 is 72.5 Å². The number of hydrogen-bond acceptors (Lipinski definition) is 33. The smallest absolute Gasteiger partial charge is 0.410 e. The minimum Gasteiger partial charge on any atom is -0.507 e. The summed E-state index contributed by atoms with van der Waals surface area (Å²) >= 11 is 14.4. The number of carboxylic acids is 1. The van der Waals surface area contributed by atoms with Gasteiger partial charge in [-0.15, -0.1) is 0 Å². The molecule has 780 valence electrons. The number of likely N-dealkylation sites (N-methyl/N-ethyl adjacent to an activating group) is 1. The quantitative estimate of drug-likeness (QED) is 0.00850. The van der Waals surface area contributed by atoms with E-state index in [0.29, 0.717) is 24.1 Å². The highest BCUT2D eigenvalue weighted by Crippen LogP contribution is 2.62. The second-order valence-corrected chi connectivity index (χ2v) is 40.7. The number of aliphatic hydroxyl groups is 6. The lowest BCUT2D eigenvalue weighted by atomic mass is 9.85. The molecule has 18 atom stereocenters. The van der Waals surface area contributed by atoms with E-state index in [9.17, 15) is 109 Å². The van der Waals surface area contributed by atoms with Crippen molar-refractivity contribution < 1.29 is 170 Å². The summed E-state index contributed by atoms with van der Waals surface area (Å²) in [6, 6.07) is 1.49. The Morgan fingerprint density at radius 2 is 1.31 bits per heavy atom. The maximum atomic E-state index is 16.6. The number of para-hydroxylation sites is 1. The second-order valence-electron chi connectivity index (χ2n) is 35.9. The minimum atomic E-state index is -5.48. The number of halogens is 2. The van der Waals surface area contributed by atoms with Crippen LogP contribution in [0.3, 0.4) is 0 Å². The van der Waals surface area contributed by atoms with E-state index >= 15 is 24.0 Å². The number of aldehydes is 1. The second kappa shape index (κ2) is 49.5. The number of benzene rings is 6. The summed E-state index contributed by atoms with van der Waals surface area (Å²) in [6.07, 6.45) is -13.6. The van der Waals surface area contributed by atoms with Gasteiger partial charge in [-0.3, -0.25) is 52.4 Å². The molecule has 8 amide bonds. The van der Waals surface area contributed by atoms with Gasteiger partial charge in [0.15, 0.2) is 35.3 Å². The number of nitrogens with one attached hydrogen (secondary N) is 9. The fourth-order valence-electron chi connectivity index (χ4n) is 17.2. The van der Waals surface area contributed by atoms with Gasteiger partial charge >= 0.3 is 33.2 Å². The summed E-state index contributed by atoms with van der Waals surface area (Å²) in [4.78, 5) is 200. The highest BCUT2D eigenvalue weighted by atomic mass is 35.5. The first-order valence-corrected chi connectivity index (χ1v) is 50.2. The number of aliphatic carboxylic acids is 1. The third kappa shape index (κ3) is 28.1. The van der Waals surface area contributed by atoms with Crippen LogP contribution >= 0.6 is 38.4 Å². The predicted molar refractivity (Wildman–Crippen MR) is 504 cm³/mol. The van der Waals surface area contributed by atoms with Gasteiger partial charge < -0.3 is 167 Å². The maximum Gasteiger partial charge on any atom is 0.410 e. The zero-order valence-corrected chi connectivity index (χ0v) is 81.7. The van der Waals surface area contributed by atoms with E-state index in [2.05, 4.69) is 54.8 Å². The SMILES string of the molecule is CCCCCCCCCCNCCN[C@]1(C)CC(OC2C(Oc3c4cc5cc3Oc3ccc(cc3Cl)[C@H](O)C(NC(=O)C(CC(C)C)NC)C(=O)NC(CC(N)=O)C(=O)NC5C(=O)NC3C(=O)NC(C(=O)N[C@@H](C(=O)O)c5cc(O)c(CN(CC=O)C(=O)OCc6ccccc6OC(=O)CCC(P(=O)(O)O)P(=O)(O)O)c(O)c5-c5cc3ccc5O)[C@H](O)c3ccc(c(Cl)c3)O4)OC(CO)C(O)C2O)OC(C)C1O. The van der Waals surface area contributed by atoms with Crippen LogP contribution in [0, 0.1) is 5.92 Å². The number of nitrogens with two attached hydrogens (primary N) is 1. The van der Waals surface area contributed by atoms with Crippen molar-refractivity contribution in [3.8, 4) is 62.9 Å². The Morgan fingerprint density at radius 3 is 1.92 bits per heavy atom. The number of unbranched alkanes of at least 4 members (excludes halogenated alkanes) is 7. The van der Waals surface area contributed by atoms with E-state index in [0.717, 1.165) is 105 Å². The molecule has 7 aliphatic rings. The molecule has 0 aliphatic carbocycles. The molecule has 25 N–H and O–H groups in total. The number of fused-ring (bicyclic) bond motifs is 15. The fourth-order valence-corrected chi connectivity index (χ4v) is 20.2. The zero-order chi connectivity index (χ0) is 105. The number of primary amides is 1. The summed E-state index contributed by atoms with van der Waals surface area (Å²) in [5.41, 5.74) is -0.498. The zero-order valence-electron chi connectivity index (χ0n) is 78.4. The molecule has 6 aromatic carbocycles. The maximum absolute atomic E-state index is 16.6. The lowest BCUT2D eigenvalue weighted by Crippen LogP contribution is -2.65. The number of esters is 1. The van der Waals surface area contributed by atoms with Gasteiger partial charge in [0.25, 0.3) is 0 Å². The number of rotatable bonds is 38. The van der Waals surface area contributed by atoms with E-state index in [1.54, 1.807) is 27.7 Å². The van der Waals surface area contributed by atoms with Crippen molar-refractivity contribution in [1.29, 1.82) is 0 Å². The molecule has 46 nitrogen and oxygen atoms in total. The highest BCUT2D eigenvalue weighted by Gasteiger charge is 2.53. The van der Waals surface area contributed by atoms with Crippen LogP contribution in [0.2, 0.25) is 10.0 Å². The standard InChI is InChI=1S/C93H119Cl2N11O35P2/c1-7-8-9-10-11-12-13-16-27-98-28-29-99-93(5)40-68(135-45(4)83(93)118)140-82-80(117)79(116)65(42-108)139-91(82)141-81-63-36-50-37-64(81)137-62-24-21-48(35-55(62)95)77(114)75-89(124)103-73(90(125)126)52-38-59(110)53(41-106(30-31-107)92(127)134-43-49-17-14-15-18-60(49)138-67(112)25-26-69(142(128,129)130)143(131,132)133)78(115)70(52)51-33-46(19-22-58(51)109)71(86(121)105-75)102-87(122)72(50)101-85(120)57(39-66(96)111)100-88(123)74(104-84(119)56(97-6)32-44(2)3)76(113)47-20-23-61(136-63)54(94)34-47/h14-15,17-24,31,33-38,44-45,56-57,65,68-69,71-77,79-80,82-83,91,97-99,108-110,113-118H,7-13,16,25-30,32,39-43H2,1-6H3,(H2,96,111)(H,100,123)(H,101,120)(H,102,122)(H,103,124)(H,104,119)(H,105,121)(H,125,126)(H2,128,129,130)(H2,131,132,133)/t45?,56?,57?,65?,68?,71?,72?,73-,74?,75?,76+,77-,79?,80?,82?,83?,91?,93-/m1/s1. The number of amides is 8. The number of aromatic hydroxyl groups is 3. The third-order valence-corrected chi connectivity index (χ3v) is 29.3.